The Kier molecular flexibility index (Phi) is 4.90. The summed E-state index contributed by atoms with van der Waals surface area (Å²) in [5.74, 6) is 1.03. The number of ether oxygens (including phenoxy) is 1. The minimum absolute atomic E-state index is 0.433. The Morgan fingerprint density at radius 2 is 1.76 bits per heavy atom. The van der Waals surface area contributed by atoms with Crippen molar-refractivity contribution in [1.29, 1.82) is 0 Å². The Hall–Kier alpha value is -0.980. The highest BCUT2D eigenvalue weighted by Gasteiger charge is 2.12. The second-order valence-electron chi connectivity index (χ2n) is 4.95. The van der Waals surface area contributed by atoms with E-state index in [1.165, 1.54) is 50.5 Å². The van der Waals surface area contributed by atoms with Crippen molar-refractivity contribution in [3.05, 3.63) is 36.2 Å². The maximum absolute atomic E-state index is 6.11. The summed E-state index contributed by atoms with van der Waals surface area (Å²) in [4.78, 5) is 0. The quantitative estimate of drug-likeness (QED) is 0.729. The Morgan fingerprint density at radius 1 is 1.06 bits per heavy atom. The van der Waals surface area contributed by atoms with Crippen molar-refractivity contribution in [1.82, 2.24) is 0 Å². The minimum Gasteiger partial charge on any atom is -0.490 e. The van der Waals surface area contributed by atoms with Gasteiger partial charge < -0.3 is 4.74 Å². The summed E-state index contributed by atoms with van der Waals surface area (Å²) < 4.78 is 6.11. The minimum atomic E-state index is 0.433. The smallest absolute Gasteiger partial charge is 0.119 e. The fraction of sp³-hybridized carbons (Fsp3) is 0.562. The second-order valence-corrected chi connectivity index (χ2v) is 4.95. The van der Waals surface area contributed by atoms with Gasteiger partial charge in [0, 0.05) is 0 Å². The van der Waals surface area contributed by atoms with E-state index in [1.54, 1.807) is 0 Å². The number of hydrogen-bond donors (Lipinski definition) is 0. The van der Waals surface area contributed by atoms with E-state index in [-0.39, 0.29) is 0 Å². The van der Waals surface area contributed by atoms with Gasteiger partial charge in [0.1, 0.15) is 5.75 Å². The van der Waals surface area contributed by atoms with Crippen molar-refractivity contribution < 1.29 is 4.74 Å². The van der Waals surface area contributed by atoms with Crippen LogP contribution in [0.2, 0.25) is 0 Å². The Bertz CT molecular complexity index is 324. The molecule has 0 aliphatic heterocycles. The van der Waals surface area contributed by atoms with E-state index in [1.807, 2.05) is 0 Å². The van der Waals surface area contributed by atoms with Crippen LogP contribution in [0.25, 0.3) is 0 Å². The topological polar surface area (TPSA) is 9.23 Å². The third kappa shape index (κ3) is 4.07. The summed E-state index contributed by atoms with van der Waals surface area (Å²) in [6.45, 7) is 2.06. The van der Waals surface area contributed by atoms with E-state index in [4.69, 9.17) is 4.74 Å². The van der Waals surface area contributed by atoms with Crippen LogP contribution in [0, 0.1) is 6.42 Å². The molecule has 1 fully saturated rings. The SMILES string of the molecule is C[CH]c1cccc(OC2CCCCCCC2)c1. The lowest BCUT2D eigenvalue weighted by Gasteiger charge is -2.21. The molecule has 0 amide bonds. The Balaban J connectivity index is 1.93. The van der Waals surface area contributed by atoms with Crippen molar-refractivity contribution in [2.75, 3.05) is 0 Å². The lowest BCUT2D eigenvalue weighted by Crippen LogP contribution is -2.17. The van der Waals surface area contributed by atoms with Gasteiger partial charge in [0.2, 0.25) is 0 Å². The fourth-order valence-electron chi connectivity index (χ4n) is 2.50. The molecule has 0 saturated heterocycles. The zero-order chi connectivity index (χ0) is 11.9. The lowest BCUT2D eigenvalue weighted by atomic mass is 9.98. The third-order valence-corrected chi connectivity index (χ3v) is 3.55. The van der Waals surface area contributed by atoms with Crippen LogP contribution in [0.5, 0.6) is 5.75 Å². The molecule has 0 unspecified atom stereocenters. The van der Waals surface area contributed by atoms with Crippen molar-refractivity contribution in [3.8, 4) is 5.75 Å². The van der Waals surface area contributed by atoms with Gasteiger partial charge in [0.25, 0.3) is 0 Å². The molecule has 1 nitrogen and oxygen atoms in total. The van der Waals surface area contributed by atoms with E-state index in [0.717, 1.165) is 5.75 Å². The van der Waals surface area contributed by atoms with Gasteiger partial charge in [-0.3, -0.25) is 0 Å². The molecule has 1 aliphatic rings. The molecule has 0 atom stereocenters. The Morgan fingerprint density at radius 3 is 2.47 bits per heavy atom. The predicted octanol–water partition coefficient (Wildman–Crippen LogP) is 4.75. The Labute approximate surface area is 105 Å². The molecule has 1 saturated carbocycles. The molecule has 1 aromatic rings. The number of benzene rings is 1. The predicted molar refractivity (Wildman–Crippen MR) is 72.3 cm³/mol. The zero-order valence-corrected chi connectivity index (χ0v) is 10.8. The summed E-state index contributed by atoms with van der Waals surface area (Å²) in [5, 5.41) is 0. The molecular weight excluding hydrogens is 208 g/mol. The van der Waals surface area contributed by atoms with Crippen LogP contribution in [0.4, 0.5) is 0 Å². The molecule has 0 spiro atoms. The molecule has 1 radical (unpaired) electrons. The molecule has 0 heterocycles. The van der Waals surface area contributed by atoms with Gasteiger partial charge in [-0.25, -0.2) is 0 Å². The molecule has 93 valence electrons. The van der Waals surface area contributed by atoms with E-state index < -0.39 is 0 Å². The van der Waals surface area contributed by atoms with Gasteiger partial charge in [-0.05, 0) is 49.8 Å². The number of rotatable bonds is 3. The molecule has 1 aliphatic carbocycles. The first kappa shape index (κ1) is 12.5. The van der Waals surface area contributed by atoms with Crippen molar-refractivity contribution in [2.45, 2.75) is 58.0 Å². The van der Waals surface area contributed by atoms with E-state index in [0.29, 0.717) is 6.10 Å². The van der Waals surface area contributed by atoms with Crippen LogP contribution in [0.3, 0.4) is 0 Å². The van der Waals surface area contributed by atoms with Crippen molar-refractivity contribution in [3.63, 3.8) is 0 Å². The van der Waals surface area contributed by atoms with Gasteiger partial charge in [0.05, 0.1) is 6.10 Å². The van der Waals surface area contributed by atoms with Crippen LogP contribution in [0.1, 0.15) is 57.4 Å². The first-order chi connectivity index (χ1) is 8.38. The molecule has 0 bridgehead atoms. The maximum atomic E-state index is 6.11. The van der Waals surface area contributed by atoms with Crippen LogP contribution in [0.15, 0.2) is 24.3 Å². The first-order valence-electron chi connectivity index (χ1n) is 6.94. The van der Waals surface area contributed by atoms with Crippen molar-refractivity contribution >= 4 is 0 Å². The molecular formula is C16H23O. The summed E-state index contributed by atoms with van der Waals surface area (Å²) in [6.07, 6.45) is 11.8. The van der Waals surface area contributed by atoms with E-state index in [9.17, 15) is 0 Å². The average molecular weight is 231 g/mol. The number of hydrogen-bond acceptors (Lipinski definition) is 1. The molecule has 1 heteroatoms. The molecule has 17 heavy (non-hydrogen) atoms. The van der Waals surface area contributed by atoms with E-state index in [2.05, 4.69) is 37.6 Å². The maximum Gasteiger partial charge on any atom is 0.119 e. The normalized spacial score (nSPS) is 18.4. The highest BCUT2D eigenvalue weighted by molar-refractivity contribution is 5.32. The standard InChI is InChI=1S/C16H23O/c1-2-14-9-8-12-16(13-14)17-15-10-6-4-3-5-7-11-15/h2,8-9,12-13,15H,3-7,10-11H2,1H3. The molecule has 0 aromatic heterocycles. The highest BCUT2D eigenvalue weighted by Crippen LogP contribution is 2.23. The summed E-state index contributed by atoms with van der Waals surface area (Å²) in [5.41, 5.74) is 1.24. The fourth-order valence-corrected chi connectivity index (χ4v) is 2.50. The van der Waals surface area contributed by atoms with Gasteiger partial charge in [-0.1, -0.05) is 38.3 Å². The lowest BCUT2D eigenvalue weighted by molar-refractivity contribution is 0.166. The molecule has 2 rings (SSSR count). The zero-order valence-electron chi connectivity index (χ0n) is 10.8. The monoisotopic (exact) mass is 231 g/mol. The van der Waals surface area contributed by atoms with Gasteiger partial charge in [-0.2, -0.15) is 0 Å². The third-order valence-electron chi connectivity index (χ3n) is 3.55. The van der Waals surface area contributed by atoms with Crippen molar-refractivity contribution in [2.24, 2.45) is 0 Å². The van der Waals surface area contributed by atoms with Gasteiger partial charge in [-0.15, -0.1) is 0 Å². The van der Waals surface area contributed by atoms with Crippen LogP contribution < -0.4 is 4.74 Å². The van der Waals surface area contributed by atoms with Gasteiger partial charge in [0.15, 0.2) is 0 Å². The second kappa shape index (κ2) is 6.68. The highest BCUT2D eigenvalue weighted by atomic mass is 16.5. The van der Waals surface area contributed by atoms with Crippen LogP contribution >= 0.6 is 0 Å². The van der Waals surface area contributed by atoms with E-state index >= 15 is 0 Å². The van der Waals surface area contributed by atoms with Gasteiger partial charge >= 0.3 is 0 Å². The summed E-state index contributed by atoms with van der Waals surface area (Å²) in [6, 6.07) is 8.41. The molecule has 1 aromatic carbocycles. The first-order valence-corrected chi connectivity index (χ1v) is 6.94. The summed E-state index contributed by atoms with van der Waals surface area (Å²) in [7, 11) is 0. The average Bonchev–Trinajstić information content (AvgIpc) is 2.33. The summed E-state index contributed by atoms with van der Waals surface area (Å²) >= 11 is 0. The van der Waals surface area contributed by atoms with Crippen LogP contribution in [-0.4, -0.2) is 6.10 Å². The van der Waals surface area contributed by atoms with Crippen LogP contribution in [-0.2, 0) is 0 Å². The molecule has 0 N–H and O–H groups in total. The largest absolute Gasteiger partial charge is 0.490 e.